The van der Waals surface area contributed by atoms with E-state index >= 15 is 0 Å². The van der Waals surface area contributed by atoms with E-state index in [-0.39, 0.29) is 4.90 Å². The van der Waals surface area contributed by atoms with Crippen LogP contribution in [0.2, 0.25) is 0 Å². The Morgan fingerprint density at radius 2 is 2.05 bits per heavy atom. The van der Waals surface area contributed by atoms with Gasteiger partial charge < -0.3 is 5.32 Å². The summed E-state index contributed by atoms with van der Waals surface area (Å²) in [6, 6.07) is 3.23. The lowest BCUT2D eigenvalue weighted by Crippen LogP contribution is -2.41. The molecule has 1 saturated heterocycles. The molecule has 2 rings (SSSR count). The van der Waals surface area contributed by atoms with Gasteiger partial charge >= 0.3 is 0 Å². The first-order chi connectivity index (χ1) is 9.54. The van der Waals surface area contributed by atoms with Gasteiger partial charge in [-0.25, -0.2) is 13.4 Å². The van der Waals surface area contributed by atoms with Crippen molar-refractivity contribution in [3.05, 3.63) is 18.3 Å². The number of nitrogens with zero attached hydrogens (tertiary/aromatic N) is 2. The second kappa shape index (κ2) is 6.64. The fraction of sp³-hybridized carbons (Fsp3) is 0.583. The van der Waals surface area contributed by atoms with Crippen molar-refractivity contribution in [1.82, 2.24) is 9.29 Å². The molecule has 0 radical (unpaired) electrons. The first kappa shape index (κ1) is 15.4. The molecule has 1 fully saturated rings. The van der Waals surface area contributed by atoms with Crippen LogP contribution in [0.25, 0.3) is 0 Å². The molecule has 0 saturated carbocycles. The molecule has 0 atom stereocenters. The highest BCUT2D eigenvalue weighted by Crippen LogP contribution is 2.18. The molecule has 1 aliphatic rings. The molecule has 0 bridgehead atoms. The van der Waals surface area contributed by atoms with E-state index in [1.54, 1.807) is 12.1 Å². The van der Waals surface area contributed by atoms with Crippen molar-refractivity contribution in [3.63, 3.8) is 0 Å². The SMILES string of the molecule is CCCNc1ccc(S(=O)(=O)N2CCS(=O)CC2)cn1. The van der Waals surface area contributed by atoms with Crippen molar-refractivity contribution in [2.45, 2.75) is 18.2 Å². The standard InChI is InChI=1S/C12H19N3O3S2/c1-2-5-13-12-4-3-11(10-14-12)20(17,18)15-6-8-19(16)9-7-15/h3-4,10H,2,5-9H2,1H3,(H,13,14). The largest absolute Gasteiger partial charge is 0.370 e. The minimum atomic E-state index is -3.51. The molecule has 1 aliphatic heterocycles. The number of hydrogen-bond donors (Lipinski definition) is 1. The lowest BCUT2D eigenvalue weighted by molar-refractivity contribution is 0.438. The van der Waals surface area contributed by atoms with Gasteiger partial charge in [-0.05, 0) is 18.6 Å². The zero-order valence-electron chi connectivity index (χ0n) is 11.4. The second-order valence-electron chi connectivity index (χ2n) is 4.56. The van der Waals surface area contributed by atoms with Gasteiger partial charge in [-0.1, -0.05) is 6.92 Å². The predicted molar refractivity (Wildman–Crippen MR) is 79.7 cm³/mol. The highest BCUT2D eigenvalue weighted by molar-refractivity contribution is 7.89. The fourth-order valence-electron chi connectivity index (χ4n) is 1.90. The summed E-state index contributed by atoms with van der Waals surface area (Å²) in [5.74, 6) is 1.48. The Morgan fingerprint density at radius 3 is 2.60 bits per heavy atom. The lowest BCUT2D eigenvalue weighted by Gasteiger charge is -2.25. The molecule has 1 aromatic rings. The smallest absolute Gasteiger partial charge is 0.244 e. The molecule has 0 amide bonds. The number of sulfonamides is 1. The van der Waals surface area contributed by atoms with Crippen LogP contribution in [0.4, 0.5) is 5.82 Å². The molecule has 20 heavy (non-hydrogen) atoms. The van der Waals surface area contributed by atoms with E-state index in [2.05, 4.69) is 10.3 Å². The van der Waals surface area contributed by atoms with Gasteiger partial charge in [0.15, 0.2) is 0 Å². The van der Waals surface area contributed by atoms with Crippen molar-refractivity contribution in [2.24, 2.45) is 0 Å². The van der Waals surface area contributed by atoms with Crippen molar-refractivity contribution < 1.29 is 12.6 Å². The van der Waals surface area contributed by atoms with E-state index in [4.69, 9.17) is 0 Å². The zero-order chi connectivity index (χ0) is 14.6. The van der Waals surface area contributed by atoms with Gasteiger partial charge in [0.1, 0.15) is 10.7 Å². The van der Waals surface area contributed by atoms with Gasteiger partial charge in [0, 0.05) is 48.1 Å². The Labute approximate surface area is 122 Å². The van der Waals surface area contributed by atoms with Crippen molar-refractivity contribution >= 4 is 26.6 Å². The number of hydrogen-bond acceptors (Lipinski definition) is 5. The van der Waals surface area contributed by atoms with E-state index in [9.17, 15) is 12.6 Å². The Balaban J connectivity index is 2.11. The second-order valence-corrected chi connectivity index (χ2v) is 8.19. The van der Waals surface area contributed by atoms with Gasteiger partial charge in [0.2, 0.25) is 10.0 Å². The fourth-order valence-corrected chi connectivity index (χ4v) is 4.57. The van der Waals surface area contributed by atoms with Crippen molar-refractivity contribution in [1.29, 1.82) is 0 Å². The maximum Gasteiger partial charge on any atom is 0.244 e. The predicted octanol–water partition coefficient (Wildman–Crippen LogP) is 0.656. The van der Waals surface area contributed by atoms with Crippen LogP contribution in [0.15, 0.2) is 23.2 Å². The minimum absolute atomic E-state index is 0.187. The summed E-state index contributed by atoms with van der Waals surface area (Å²) in [5, 5.41) is 3.10. The van der Waals surface area contributed by atoms with Gasteiger partial charge in [0.05, 0.1) is 0 Å². The Morgan fingerprint density at radius 1 is 1.35 bits per heavy atom. The summed E-state index contributed by atoms with van der Waals surface area (Å²) < 4.78 is 37.4. The lowest BCUT2D eigenvalue weighted by atomic mass is 10.4. The van der Waals surface area contributed by atoms with Gasteiger partial charge in [-0.3, -0.25) is 4.21 Å². The van der Waals surface area contributed by atoms with Gasteiger partial charge in [0.25, 0.3) is 0 Å². The third-order valence-corrected chi connectivity index (χ3v) is 6.22. The first-order valence-electron chi connectivity index (χ1n) is 6.59. The maximum absolute atomic E-state index is 12.4. The summed E-state index contributed by atoms with van der Waals surface area (Å²) in [5.41, 5.74) is 0. The molecule has 0 spiro atoms. The number of pyridine rings is 1. The molecule has 6 nitrogen and oxygen atoms in total. The molecule has 1 N–H and O–H groups in total. The molecule has 2 heterocycles. The highest BCUT2D eigenvalue weighted by atomic mass is 32.2. The third kappa shape index (κ3) is 3.56. The summed E-state index contributed by atoms with van der Waals surface area (Å²) in [4.78, 5) is 4.30. The topological polar surface area (TPSA) is 79.4 Å². The normalized spacial score (nSPS) is 18.1. The highest BCUT2D eigenvalue weighted by Gasteiger charge is 2.28. The number of nitrogens with one attached hydrogen (secondary N) is 1. The summed E-state index contributed by atoms with van der Waals surface area (Å²) in [7, 11) is -4.41. The quantitative estimate of drug-likeness (QED) is 0.863. The average Bonchev–Trinajstić information content (AvgIpc) is 2.46. The maximum atomic E-state index is 12.4. The van der Waals surface area contributed by atoms with E-state index in [1.807, 2.05) is 6.92 Å². The average molecular weight is 317 g/mol. The van der Waals surface area contributed by atoms with E-state index in [0.717, 1.165) is 13.0 Å². The molecule has 0 unspecified atom stereocenters. The Kier molecular flexibility index (Phi) is 5.11. The summed E-state index contributed by atoms with van der Waals surface area (Å²) in [6.07, 6.45) is 2.35. The van der Waals surface area contributed by atoms with Crippen LogP contribution in [0.1, 0.15) is 13.3 Å². The molecule has 1 aromatic heterocycles. The van der Waals surface area contributed by atoms with Crippen molar-refractivity contribution in [3.8, 4) is 0 Å². The van der Waals surface area contributed by atoms with E-state index in [0.29, 0.717) is 30.4 Å². The molecule has 112 valence electrons. The summed E-state index contributed by atoms with van der Waals surface area (Å²) in [6.45, 7) is 3.47. The molecule has 8 heteroatoms. The van der Waals surface area contributed by atoms with Crippen LogP contribution in [-0.4, -0.2) is 53.1 Å². The Bertz CT molecular complexity index is 562. The zero-order valence-corrected chi connectivity index (χ0v) is 13.0. The molecule has 0 aromatic carbocycles. The van der Waals surface area contributed by atoms with E-state index < -0.39 is 20.8 Å². The number of anilines is 1. The molecular weight excluding hydrogens is 298 g/mol. The van der Waals surface area contributed by atoms with Crippen molar-refractivity contribution in [2.75, 3.05) is 36.5 Å². The van der Waals surface area contributed by atoms with Crippen LogP contribution in [0, 0.1) is 0 Å². The van der Waals surface area contributed by atoms with Crippen LogP contribution in [-0.2, 0) is 20.8 Å². The number of rotatable bonds is 5. The molecular formula is C12H19N3O3S2. The minimum Gasteiger partial charge on any atom is -0.370 e. The van der Waals surface area contributed by atoms with Crippen LogP contribution >= 0.6 is 0 Å². The summed E-state index contributed by atoms with van der Waals surface area (Å²) >= 11 is 0. The van der Waals surface area contributed by atoms with Gasteiger partial charge in [-0.15, -0.1) is 0 Å². The third-order valence-electron chi connectivity index (χ3n) is 3.07. The molecule has 0 aliphatic carbocycles. The van der Waals surface area contributed by atoms with Crippen LogP contribution in [0.3, 0.4) is 0 Å². The Hall–Kier alpha value is -0.990. The van der Waals surface area contributed by atoms with E-state index in [1.165, 1.54) is 10.5 Å². The van der Waals surface area contributed by atoms with Crippen LogP contribution in [0.5, 0.6) is 0 Å². The first-order valence-corrected chi connectivity index (χ1v) is 9.52. The van der Waals surface area contributed by atoms with Gasteiger partial charge in [-0.2, -0.15) is 4.31 Å². The van der Waals surface area contributed by atoms with Crippen LogP contribution < -0.4 is 5.32 Å². The monoisotopic (exact) mass is 317 g/mol. The number of aromatic nitrogens is 1.